The molecule has 2 aromatic rings. The highest BCUT2D eigenvalue weighted by atomic mass is 16.7. The number of nitrogens with one attached hydrogen (secondary N) is 1. The van der Waals surface area contributed by atoms with Crippen LogP contribution in [0.15, 0.2) is 72.8 Å². The minimum absolute atomic E-state index is 0.184. The van der Waals surface area contributed by atoms with E-state index in [0.29, 0.717) is 12.0 Å². The molecule has 1 heterocycles. The summed E-state index contributed by atoms with van der Waals surface area (Å²) in [5.74, 6) is -0.184. The lowest BCUT2D eigenvalue weighted by molar-refractivity contribution is 0.00578. The lowest BCUT2D eigenvalue weighted by Gasteiger charge is -2.32. The van der Waals surface area contributed by atoms with Gasteiger partial charge in [0, 0.05) is 12.0 Å². The second kappa shape index (κ2) is 7.79. The minimum atomic E-state index is -0.904. The van der Waals surface area contributed by atoms with Gasteiger partial charge in [0.05, 0.1) is 11.2 Å². The predicted molar refractivity (Wildman–Crippen MR) is 125 cm³/mol. The van der Waals surface area contributed by atoms with E-state index in [4.69, 9.17) is 15.0 Å². The zero-order valence-corrected chi connectivity index (χ0v) is 18.5. The Kier molecular flexibility index (Phi) is 5.42. The van der Waals surface area contributed by atoms with Crippen molar-refractivity contribution >= 4 is 24.1 Å². The van der Waals surface area contributed by atoms with E-state index in [9.17, 15) is 4.79 Å². The summed E-state index contributed by atoms with van der Waals surface area (Å²) < 4.78 is 12.3. The van der Waals surface area contributed by atoms with Gasteiger partial charge in [0.25, 0.3) is 5.91 Å². The van der Waals surface area contributed by atoms with E-state index in [2.05, 4.69) is 51.2 Å². The highest BCUT2D eigenvalue weighted by Gasteiger charge is 2.51. The Hall–Kier alpha value is -2.67. The molecule has 0 saturated carbocycles. The van der Waals surface area contributed by atoms with Crippen molar-refractivity contribution in [3.8, 4) is 0 Å². The summed E-state index contributed by atoms with van der Waals surface area (Å²) in [5, 5.41) is 2.92. The van der Waals surface area contributed by atoms with Crippen LogP contribution in [0.5, 0.6) is 0 Å². The Morgan fingerprint density at radius 3 is 2.13 bits per heavy atom. The smallest absolute Gasteiger partial charge is 0.399 e. The number of rotatable bonds is 4. The third-order valence-electron chi connectivity index (χ3n) is 6.37. The van der Waals surface area contributed by atoms with Crippen molar-refractivity contribution in [3.05, 3.63) is 84.0 Å². The fourth-order valence-electron chi connectivity index (χ4n) is 3.65. The van der Waals surface area contributed by atoms with Crippen LogP contribution in [-0.2, 0) is 9.31 Å². The number of hydrogen-bond acceptors (Lipinski definition) is 4. The van der Waals surface area contributed by atoms with Crippen molar-refractivity contribution in [3.63, 3.8) is 0 Å². The molecule has 1 saturated heterocycles. The number of benzene rings is 2. The topological polar surface area (TPSA) is 73.6 Å². The summed E-state index contributed by atoms with van der Waals surface area (Å²) in [7, 11) is -0.375. The van der Waals surface area contributed by atoms with Crippen molar-refractivity contribution in [1.29, 1.82) is 0 Å². The van der Waals surface area contributed by atoms with Crippen molar-refractivity contribution < 1.29 is 14.1 Å². The quantitative estimate of drug-likeness (QED) is 0.592. The molecule has 0 bridgehead atoms. The molecule has 0 aromatic heterocycles. The van der Waals surface area contributed by atoms with Crippen LogP contribution in [0.3, 0.4) is 0 Å². The van der Waals surface area contributed by atoms with Crippen molar-refractivity contribution in [2.24, 2.45) is 5.73 Å². The summed E-state index contributed by atoms with van der Waals surface area (Å²) in [4.78, 5) is 12.5. The van der Waals surface area contributed by atoms with Crippen LogP contribution in [0.2, 0.25) is 0 Å². The summed E-state index contributed by atoms with van der Waals surface area (Å²) in [6.07, 6.45) is 6.37. The highest BCUT2D eigenvalue weighted by Crippen LogP contribution is 2.36. The Morgan fingerprint density at radius 1 is 0.968 bits per heavy atom. The molecule has 1 amide bonds. The molecule has 1 fully saturated rings. The van der Waals surface area contributed by atoms with Crippen LogP contribution >= 0.6 is 0 Å². The number of carbonyl (C=O) groups excluding carboxylic acids is 1. The van der Waals surface area contributed by atoms with E-state index in [1.165, 1.54) is 0 Å². The highest BCUT2D eigenvalue weighted by molar-refractivity contribution is 6.62. The van der Waals surface area contributed by atoms with Gasteiger partial charge in [-0.05, 0) is 62.5 Å². The SMILES string of the molecule is CC1(C)OB(c2ccc(C3=CCC(N)(NC(=O)c4ccccc4)C=C3)cc2)OC1(C)C. The molecular weight excluding hydrogens is 387 g/mol. The van der Waals surface area contributed by atoms with Gasteiger partial charge in [0.15, 0.2) is 0 Å². The van der Waals surface area contributed by atoms with Crippen molar-refractivity contribution in [2.45, 2.75) is 51.0 Å². The second-order valence-corrected chi connectivity index (χ2v) is 9.27. The first kappa shape index (κ1) is 21.6. The summed E-state index contributed by atoms with van der Waals surface area (Å²) in [6, 6.07) is 17.3. The van der Waals surface area contributed by atoms with Gasteiger partial charge in [0.2, 0.25) is 0 Å². The van der Waals surface area contributed by atoms with Crippen LogP contribution < -0.4 is 16.5 Å². The third kappa shape index (κ3) is 4.37. The van der Waals surface area contributed by atoms with E-state index in [1.807, 2.05) is 42.5 Å². The van der Waals surface area contributed by atoms with Crippen LogP contribution in [0.25, 0.3) is 5.57 Å². The summed E-state index contributed by atoms with van der Waals surface area (Å²) in [5.41, 5.74) is 8.50. The molecule has 0 radical (unpaired) electrons. The third-order valence-corrected chi connectivity index (χ3v) is 6.37. The normalized spacial score (nSPS) is 24.0. The van der Waals surface area contributed by atoms with Gasteiger partial charge < -0.3 is 20.4 Å². The molecule has 1 unspecified atom stereocenters. The minimum Gasteiger partial charge on any atom is -0.399 e. The molecule has 6 heteroatoms. The number of carbonyl (C=O) groups is 1. The number of nitrogens with two attached hydrogens (primary N) is 1. The molecule has 5 nitrogen and oxygen atoms in total. The molecule has 2 aliphatic rings. The maximum atomic E-state index is 12.5. The lowest BCUT2D eigenvalue weighted by atomic mass is 9.78. The molecule has 1 aliphatic carbocycles. The average molecular weight is 416 g/mol. The van der Waals surface area contributed by atoms with Crippen molar-refractivity contribution in [1.82, 2.24) is 5.32 Å². The van der Waals surface area contributed by atoms with Crippen LogP contribution in [0.1, 0.15) is 50.0 Å². The molecular formula is C25H29BN2O3. The van der Waals surface area contributed by atoms with Gasteiger partial charge >= 0.3 is 7.12 Å². The largest absolute Gasteiger partial charge is 0.494 e. The van der Waals surface area contributed by atoms with Gasteiger partial charge in [0.1, 0.15) is 5.66 Å². The zero-order valence-electron chi connectivity index (χ0n) is 18.5. The molecule has 160 valence electrons. The van der Waals surface area contributed by atoms with Gasteiger partial charge in [-0.2, -0.15) is 0 Å². The maximum absolute atomic E-state index is 12.5. The molecule has 1 aliphatic heterocycles. The zero-order chi connectivity index (χ0) is 22.3. The first-order valence-electron chi connectivity index (χ1n) is 10.6. The first-order valence-corrected chi connectivity index (χ1v) is 10.6. The molecule has 0 spiro atoms. The maximum Gasteiger partial charge on any atom is 0.494 e. The van der Waals surface area contributed by atoms with Crippen LogP contribution in [-0.4, -0.2) is 29.9 Å². The Bertz CT molecular complexity index is 1010. The Balaban J connectivity index is 1.42. The number of hydrogen-bond donors (Lipinski definition) is 2. The van der Waals surface area contributed by atoms with Gasteiger partial charge in [-0.15, -0.1) is 0 Å². The number of allylic oxidation sites excluding steroid dienone is 2. The van der Waals surface area contributed by atoms with Crippen LogP contribution in [0.4, 0.5) is 0 Å². The molecule has 31 heavy (non-hydrogen) atoms. The summed E-state index contributed by atoms with van der Waals surface area (Å²) >= 11 is 0. The molecule has 3 N–H and O–H groups in total. The average Bonchev–Trinajstić information content (AvgIpc) is 2.96. The predicted octanol–water partition coefficient (Wildman–Crippen LogP) is 3.41. The van der Waals surface area contributed by atoms with E-state index in [0.717, 1.165) is 16.6 Å². The van der Waals surface area contributed by atoms with Gasteiger partial charge in [-0.25, -0.2) is 0 Å². The number of amides is 1. The van der Waals surface area contributed by atoms with Gasteiger partial charge in [-0.3, -0.25) is 4.79 Å². The molecule has 1 atom stereocenters. The second-order valence-electron chi connectivity index (χ2n) is 9.27. The van der Waals surface area contributed by atoms with E-state index >= 15 is 0 Å². The first-order chi connectivity index (χ1) is 14.6. The van der Waals surface area contributed by atoms with Crippen LogP contribution in [0, 0.1) is 0 Å². The van der Waals surface area contributed by atoms with Crippen molar-refractivity contribution in [2.75, 3.05) is 0 Å². The molecule has 2 aromatic carbocycles. The van der Waals surface area contributed by atoms with E-state index < -0.39 is 5.66 Å². The Morgan fingerprint density at radius 2 is 1.58 bits per heavy atom. The fraction of sp³-hybridized carbons (Fsp3) is 0.320. The van der Waals surface area contributed by atoms with E-state index in [1.54, 1.807) is 12.1 Å². The summed E-state index contributed by atoms with van der Waals surface area (Å²) in [6.45, 7) is 8.20. The standard InChI is InChI=1S/C25H29BN2O3/c1-23(2)24(3,4)31-26(30-23)21-12-10-18(11-13-21)19-14-16-25(27,17-15-19)28-22(29)20-8-6-5-7-9-20/h5-16H,17,27H2,1-4H3,(H,28,29). The lowest BCUT2D eigenvalue weighted by Crippen LogP contribution is -2.54. The Labute approximate surface area is 184 Å². The van der Waals surface area contributed by atoms with E-state index in [-0.39, 0.29) is 24.2 Å². The fourth-order valence-corrected chi connectivity index (χ4v) is 3.65. The monoisotopic (exact) mass is 416 g/mol. The van der Waals surface area contributed by atoms with Gasteiger partial charge in [-0.1, -0.05) is 54.6 Å². The molecule has 4 rings (SSSR count).